The van der Waals surface area contributed by atoms with E-state index < -0.39 is 0 Å². The summed E-state index contributed by atoms with van der Waals surface area (Å²) in [5.41, 5.74) is 1.15. The molecule has 0 fully saturated rings. The summed E-state index contributed by atoms with van der Waals surface area (Å²) < 4.78 is 0. The number of amides is 1. The van der Waals surface area contributed by atoms with E-state index in [0.717, 1.165) is 5.56 Å². The first kappa shape index (κ1) is 12.0. The zero-order chi connectivity index (χ0) is 12.1. The van der Waals surface area contributed by atoms with Gasteiger partial charge in [-0.1, -0.05) is 42.5 Å². The number of carbonyl (C=O) groups is 1. The molecule has 0 saturated heterocycles. The molecular formula is C14H15NOS. The molecule has 0 spiro atoms. The molecule has 0 aliphatic heterocycles. The van der Waals surface area contributed by atoms with Crippen LogP contribution in [0.2, 0.25) is 0 Å². The molecule has 0 aliphatic carbocycles. The van der Waals surface area contributed by atoms with Crippen molar-refractivity contribution >= 4 is 29.3 Å². The summed E-state index contributed by atoms with van der Waals surface area (Å²) in [6.45, 7) is 0.577. The normalized spacial score (nSPS) is 10.4. The molecule has 3 heteroatoms. The molecule has 0 aliphatic rings. The van der Waals surface area contributed by atoms with Gasteiger partial charge in [0.2, 0.25) is 5.91 Å². The Labute approximate surface area is 106 Å². The van der Waals surface area contributed by atoms with E-state index in [4.69, 9.17) is 0 Å². The molecule has 2 aromatic rings. The number of rotatable bonds is 4. The zero-order valence-corrected chi connectivity index (χ0v) is 10.4. The molecule has 1 amide bonds. The lowest BCUT2D eigenvalue weighted by molar-refractivity contribution is -0.120. The van der Waals surface area contributed by atoms with Crippen molar-refractivity contribution in [3.05, 3.63) is 48.0 Å². The van der Waals surface area contributed by atoms with Crippen LogP contribution in [0.3, 0.4) is 0 Å². The molecule has 0 heterocycles. The highest BCUT2D eigenvalue weighted by Crippen LogP contribution is 2.18. The Hall–Kier alpha value is -1.48. The van der Waals surface area contributed by atoms with Crippen molar-refractivity contribution in [2.75, 3.05) is 5.75 Å². The molecule has 0 unspecified atom stereocenters. The Bertz CT molecular complexity index is 519. The second-order valence-electron chi connectivity index (χ2n) is 3.89. The summed E-state index contributed by atoms with van der Waals surface area (Å²) >= 11 is 4.04. The summed E-state index contributed by atoms with van der Waals surface area (Å²) in [5, 5.41) is 5.30. The summed E-state index contributed by atoms with van der Waals surface area (Å²) in [6, 6.07) is 14.3. The topological polar surface area (TPSA) is 29.1 Å². The molecule has 0 bridgehead atoms. The van der Waals surface area contributed by atoms with Crippen LogP contribution >= 0.6 is 12.6 Å². The fourth-order valence-corrected chi connectivity index (χ4v) is 2.03. The lowest BCUT2D eigenvalue weighted by Crippen LogP contribution is -2.22. The van der Waals surface area contributed by atoms with Crippen LogP contribution in [0, 0.1) is 0 Å². The van der Waals surface area contributed by atoms with E-state index in [9.17, 15) is 4.79 Å². The van der Waals surface area contributed by atoms with Gasteiger partial charge in [-0.2, -0.15) is 12.6 Å². The first-order valence-electron chi connectivity index (χ1n) is 5.65. The van der Waals surface area contributed by atoms with Crippen molar-refractivity contribution in [1.82, 2.24) is 5.32 Å². The Morgan fingerprint density at radius 1 is 1.12 bits per heavy atom. The first-order valence-corrected chi connectivity index (χ1v) is 6.28. The van der Waals surface area contributed by atoms with Gasteiger partial charge in [-0.25, -0.2) is 0 Å². The van der Waals surface area contributed by atoms with Gasteiger partial charge in [-0.05, 0) is 22.1 Å². The number of hydrogen-bond donors (Lipinski definition) is 2. The molecule has 0 aromatic heterocycles. The Morgan fingerprint density at radius 2 is 1.88 bits per heavy atom. The van der Waals surface area contributed by atoms with Crippen molar-refractivity contribution in [2.24, 2.45) is 0 Å². The lowest BCUT2D eigenvalue weighted by atomic mass is 10.0. The Balaban J connectivity index is 2.16. The highest BCUT2D eigenvalue weighted by Gasteiger charge is 2.02. The third-order valence-corrected chi connectivity index (χ3v) is 2.92. The molecule has 2 aromatic carbocycles. The fourth-order valence-electron chi connectivity index (χ4n) is 1.83. The lowest BCUT2D eigenvalue weighted by Gasteiger charge is -2.07. The molecule has 2 nitrogen and oxygen atoms in total. The quantitative estimate of drug-likeness (QED) is 0.797. The molecular weight excluding hydrogens is 230 g/mol. The maximum Gasteiger partial charge on any atom is 0.221 e. The van der Waals surface area contributed by atoms with E-state index >= 15 is 0 Å². The van der Waals surface area contributed by atoms with Crippen LogP contribution in [-0.2, 0) is 11.3 Å². The van der Waals surface area contributed by atoms with Crippen LogP contribution in [-0.4, -0.2) is 11.7 Å². The van der Waals surface area contributed by atoms with Crippen LogP contribution in [0.15, 0.2) is 42.5 Å². The Morgan fingerprint density at radius 3 is 2.71 bits per heavy atom. The van der Waals surface area contributed by atoms with E-state index in [0.29, 0.717) is 18.7 Å². The average Bonchev–Trinajstić information content (AvgIpc) is 2.36. The molecule has 0 saturated carbocycles. The van der Waals surface area contributed by atoms with Crippen LogP contribution < -0.4 is 5.32 Å². The van der Waals surface area contributed by atoms with Gasteiger partial charge in [-0.15, -0.1) is 0 Å². The monoisotopic (exact) mass is 245 g/mol. The number of benzene rings is 2. The van der Waals surface area contributed by atoms with E-state index in [1.807, 2.05) is 24.3 Å². The minimum Gasteiger partial charge on any atom is -0.352 e. The minimum absolute atomic E-state index is 0.0490. The molecule has 88 valence electrons. The summed E-state index contributed by atoms with van der Waals surface area (Å²) in [7, 11) is 0. The van der Waals surface area contributed by atoms with Gasteiger partial charge in [-0.3, -0.25) is 4.79 Å². The second-order valence-corrected chi connectivity index (χ2v) is 4.34. The summed E-state index contributed by atoms with van der Waals surface area (Å²) in [4.78, 5) is 11.4. The van der Waals surface area contributed by atoms with Crippen molar-refractivity contribution in [3.8, 4) is 0 Å². The third kappa shape index (κ3) is 3.01. The SMILES string of the molecule is O=C(CCS)NCc1cccc2ccccc12. The van der Waals surface area contributed by atoms with Gasteiger partial charge in [0.25, 0.3) is 0 Å². The van der Waals surface area contributed by atoms with Gasteiger partial charge in [0.15, 0.2) is 0 Å². The molecule has 1 N–H and O–H groups in total. The van der Waals surface area contributed by atoms with Gasteiger partial charge >= 0.3 is 0 Å². The molecule has 2 rings (SSSR count). The van der Waals surface area contributed by atoms with E-state index in [2.05, 4.69) is 36.1 Å². The summed E-state index contributed by atoms with van der Waals surface area (Å²) in [5.74, 6) is 0.634. The number of hydrogen-bond acceptors (Lipinski definition) is 2. The van der Waals surface area contributed by atoms with Crippen LogP contribution in [0.25, 0.3) is 10.8 Å². The maximum atomic E-state index is 11.4. The van der Waals surface area contributed by atoms with Gasteiger partial charge in [0, 0.05) is 13.0 Å². The minimum atomic E-state index is 0.0490. The number of nitrogens with one attached hydrogen (secondary N) is 1. The van der Waals surface area contributed by atoms with Gasteiger partial charge in [0.05, 0.1) is 0 Å². The predicted molar refractivity (Wildman–Crippen MR) is 74.3 cm³/mol. The third-order valence-electron chi connectivity index (χ3n) is 2.69. The standard InChI is InChI=1S/C14H15NOS/c16-14(8-9-17)15-10-12-6-3-5-11-4-1-2-7-13(11)12/h1-7,17H,8-10H2,(H,15,16). The molecule has 0 radical (unpaired) electrons. The van der Waals surface area contributed by atoms with Crippen LogP contribution in [0.1, 0.15) is 12.0 Å². The highest BCUT2D eigenvalue weighted by molar-refractivity contribution is 7.80. The number of thiol groups is 1. The smallest absolute Gasteiger partial charge is 0.221 e. The first-order chi connectivity index (χ1) is 8.31. The van der Waals surface area contributed by atoms with Crippen molar-refractivity contribution < 1.29 is 4.79 Å². The number of carbonyl (C=O) groups excluding carboxylic acids is 1. The molecule has 0 atom stereocenters. The maximum absolute atomic E-state index is 11.4. The van der Waals surface area contributed by atoms with E-state index in [-0.39, 0.29) is 5.91 Å². The van der Waals surface area contributed by atoms with Crippen LogP contribution in [0.5, 0.6) is 0 Å². The zero-order valence-electron chi connectivity index (χ0n) is 9.52. The van der Waals surface area contributed by atoms with E-state index in [1.54, 1.807) is 0 Å². The largest absolute Gasteiger partial charge is 0.352 e. The number of fused-ring (bicyclic) bond motifs is 1. The fraction of sp³-hybridized carbons (Fsp3) is 0.214. The summed E-state index contributed by atoms with van der Waals surface area (Å²) in [6.07, 6.45) is 0.466. The van der Waals surface area contributed by atoms with Crippen LogP contribution in [0.4, 0.5) is 0 Å². The van der Waals surface area contributed by atoms with Gasteiger partial charge < -0.3 is 5.32 Å². The van der Waals surface area contributed by atoms with Crippen molar-refractivity contribution in [2.45, 2.75) is 13.0 Å². The van der Waals surface area contributed by atoms with Crippen molar-refractivity contribution in [1.29, 1.82) is 0 Å². The van der Waals surface area contributed by atoms with E-state index in [1.165, 1.54) is 10.8 Å². The molecule has 17 heavy (non-hydrogen) atoms. The second kappa shape index (κ2) is 5.73. The van der Waals surface area contributed by atoms with Crippen molar-refractivity contribution in [3.63, 3.8) is 0 Å². The average molecular weight is 245 g/mol. The predicted octanol–water partition coefficient (Wildman–Crippen LogP) is 2.78. The van der Waals surface area contributed by atoms with Gasteiger partial charge in [0.1, 0.15) is 0 Å². The Kier molecular flexibility index (Phi) is 4.04. The highest BCUT2D eigenvalue weighted by atomic mass is 32.1.